The van der Waals surface area contributed by atoms with Crippen molar-refractivity contribution in [1.82, 2.24) is 19.7 Å². The first-order valence-corrected chi connectivity index (χ1v) is 12.0. The summed E-state index contributed by atoms with van der Waals surface area (Å²) in [6.45, 7) is 6.07. The number of ether oxygens (including phenoxy) is 2. The monoisotopic (exact) mass is 472 g/mol. The van der Waals surface area contributed by atoms with Gasteiger partial charge < -0.3 is 19.5 Å². The highest BCUT2D eigenvalue weighted by atomic mass is 16.6. The summed E-state index contributed by atoms with van der Waals surface area (Å²) in [4.78, 5) is 30.2. The smallest absolute Gasteiger partial charge is 0.410 e. The zero-order valence-corrected chi connectivity index (χ0v) is 20.8. The summed E-state index contributed by atoms with van der Waals surface area (Å²) in [6, 6.07) is 3.87. The van der Waals surface area contributed by atoms with Crippen molar-refractivity contribution in [3.63, 3.8) is 0 Å². The van der Waals surface area contributed by atoms with Gasteiger partial charge in [0.1, 0.15) is 12.4 Å². The van der Waals surface area contributed by atoms with E-state index in [1.807, 2.05) is 26.1 Å². The van der Waals surface area contributed by atoms with Gasteiger partial charge >= 0.3 is 12.1 Å². The van der Waals surface area contributed by atoms with Gasteiger partial charge in [-0.05, 0) is 57.6 Å². The molecule has 0 aliphatic heterocycles. The minimum atomic E-state index is -0.755. The molecule has 0 saturated heterocycles. The second-order valence-electron chi connectivity index (χ2n) is 8.99. The molecule has 1 N–H and O–H groups in total. The standard InChI is InChI=1S/C25H36N4O5/c1-6-18(7-2)28(4)25(32)33-15-22-20(14-26-29(22)5)21-11-12-23(16(3)27-21)34-19-10-8-9-17(13-19)24(30)31/h11-12,14,17-19H,6-10,13,15H2,1-5H3,(H,30,31)/t17-,19-/m0/s1. The van der Waals surface area contributed by atoms with Crippen LogP contribution in [0.15, 0.2) is 18.3 Å². The molecule has 1 aliphatic carbocycles. The molecule has 0 aromatic carbocycles. The Morgan fingerprint density at radius 3 is 2.65 bits per heavy atom. The van der Waals surface area contributed by atoms with Crippen molar-refractivity contribution in [2.24, 2.45) is 13.0 Å². The van der Waals surface area contributed by atoms with Crippen LogP contribution in [0, 0.1) is 12.8 Å². The van der Waals surface area contributed by atoms with E-state index in [1.165, 1.54) is 0 Å². The average Bonchev–Trinajstić information content (AvgIpc) is 3.19. The van der Waals surface area contributed by atoms with Crippen LogP contribution in [0.1, 0.15) is 63.8 Å². The zero-order chi connectivity index (χ0) is 24.8. The average molecular weight is 473 g/mol. The van der Waals surface area contributed by atoms with E-state index >= 15 is 0 Å². The SMILES string of the molecule is CCC(CC)N(C)C(=O)OCc1c(-c2ccc(O[C@H]3CCC[C@H](C(=O)O)C3)c(C)n2)cnn1C. The van der Waals surface area contributed by atoms with Gasteiger partial charge in [0, 0.05) is 25.7 Å². The van der Waals surface area contributed by atoms with E-state index in [1.54, 1.807) is 22.8 Å². The Balaban J connectivity index is 1.70. The highest BCUT2D eigenvalue weighted by molar-refractivity contribution is 5.70. The van der Waals surface area contributed by atoms with Gasteiger partial charge in [0.2, 0.25) is 0 Å². The minimum absolute atomic E-state index is 0.0901. The number of hydrogen-bond donors (Lipinski definition) is 1. The highest BCUT2D eigenvalue weighted by Crippen LogP contribution is 2.31. The number of aromatic nitrogens is 3. The molecular formula is C25H36N4O5. The van der Waals surface area contributed by atoms with E-state index in [9.17, 15) is 14.7 Å². The largest absolute Gasteiger partial charge is 0.489 e. The molecule has 9 heteroatoms. The molecule has 0 unspecified atom stereocenters. The lowest BCUT2D eigenvalue weighted by atomic mass is 9.87. The first kappa shape index (κ1) is 25.5. The van der Waals surface area contributed by atoms with Crippen molar-refractivity contribution < 1.29 is 24.2 Å². The second-order valence-corrected chi connectivity index (χ2v) is 8.99. The number of nitrogens with zero attached hydrogens (tertiary/aromatic N) is 4. The predicted octanol–water partition coefficient (Wildman–Crippen LogP) is 4.57. The molecule has 1 saturated carbocycles. The van der Waals surface area contributed by atoms with Crippen LogP contribution in [0.4, 0.5) is 4.79 Å². The third-order valence-corrected chi connectivity index (χ3v) is 6.75. The van der Waals surface area contributed by atoms with Crippen LogP contribution in [0.5, 0.6) is 5.75 Å². The number of carboxylic acids is 1. The first-order valence-electron chi connectivity index (χ1n) is 12.0. The van der Waals surface area contributed by atoms with Crippen LogP contribution in [0.25, 0.3) is 11.3 Å². The lowest BCUT2D eigenvalue weighted by molar-refractivity contribution is -0.143. The fourth-order valence-corrected chi connectivity index (χ4v) is 4.54. The van der Waals surface area contributed by atoms with Crippen LogP contribution < -0.4 is 4.74 Å². The van der Waals surface area contributed by atoms with E-state index in [4.69, 9.17) is 14.5 Å². The lowest BCUT2D eigenvalue weighted by Crippen LogP contribution is -2.36. The van der Waals surface area contributed by atoms with E-state index in [-0.39, 0.29) is 30.8 Å². The second kappa shape index (κ2) is 11.4. The van der Waals surface area contributed by atoms with Gasteiger partial charge in [-0.15, -0.1) is 0 Å². The summed E-state index contributed by atoms with van der Waals surface area (Å²) in [5.74, 6) is -0.450. The maximum atomic E-state index is 12.5. The summed E-state index contributed by atoms with van der Waals surface area (Å²) in [5, 5.41) is 13.7. The molecule has 2 aromatic heterocycles. The van der Waals surface area contributed by atoms with Gasteiger partial charge in [-0.1, -0.05) is 13.8 Å². The number of carbonyl (C=O) groups is 2. The van der Waals surface area contributed by atoms with Crippen LogP contribution in [-0.4, -0.2) is 56.0 Å². The van der Waals surface area contributed by atoms with Crippen molar-refractivity contribution in [3.8, 4) is 17.0 Å². The molecule has 2 aromatic rings. The maximum absolute atomic E-state index is 12.5. The Hall–Kier alpha value is -3.10. The van der Waals surface area contributed by atoms with E-state index in [0.29, 0.717) is 24.3 Å². The predicted molar refractivity (Wildman–Crippen MR) is 128 cm³/mol. The molecule has 1 fully saturated rings. The van der Waals surface area contributed by atoms with Gasteiger partial charge in [0.05, 0.1) is 35.3 Å². The van der Waals surface area contributed by atoms with Crippen LogP contribution in [0.3, 0.4) is 0 Å². The molecule has 2 atom stereocenters. The first-order chi connectivity index (χ1) is 16.2. The topological polar surface area (TPSA) is 107 Å². The number of aliphatic carboxylic acids is 1. The van der Waals surface area contributed by atoms with Crippen LogP contribution in [0.2, 0.25) is 0 Å². The van der Waals surface area contributed by atoms with E-state index in [2.05, 4.69) is 18.9 Å². The van der Waals surface area contributed by atoms with Crippen molar-refractivity contribution >= 4 is 12.1 Å². The number of carboxylic acid groups (broad SMARTS) is 1. The molecule has 0 radical (unpaired) electrons. The summed E-state index contributed by atoms with van der Waals surface area (Å²) in [6.07, 6.45) is 5.87. The van der Waals surface area contributed by atoms with Crippen molar-refractivity contribution in [3.05, 3.63) is 29.7 Å². The van der Waals surface area contributed by atoms with E-state index in [0.717, 1.165) is 42.6 Å². The molecule has 9 nitrogen and oxygen atoms in total. The molecule has 0 bridgehead atoms. The normalized spacial score (nSPS) is 18.1. The molecule has 0 spiro atoms. The number of pyridine rings is 1. The fraction of sp³-hybridized carbons (Fsp3) is 0.600. The summed E-state index contributed by atoms with van der Waals surface area (Å²) in [5.41, 5.74) is 2.97. The quantitative estimate of drug-likeness (QED) is 0.570. The highest BCUT2D eigenvalue weighted by Gasteiger charge is 2.28. The zero-order valence-electron chi connectivity index (χ0n) is 20.8. The number of hydrogen-bond acceptors (Lipinski definition) is 6. The Kier molecular flexibility index (Phi) is 8.52. The van der Waals surface area contributed by atoms with Gasteiger partial charge in [-0.3, -0.25) is 9.48 Å². The number of rotatable bonds is 9. The summed E-state index contributed by atoms with van der Waals surface area (Å²) in [7, 11) is 3.57. The fourth-order valence-electron chi connectivity index (χ4n) is 4.54. The Labute approximate surface area is 201 Å². The molecule has 1 aliphatic rings. The number of amides is 1. The van der Waals surface area contributed by atoms with Gasteiger partial charge in [-0.2, -0.15) is 5.10 Å². The molecule has 186 valence electrons. The van der Waals surface area contributed by atoms with Crippen LogP contribution in [-0.2, 0) is 23.2 Å². The summed E-state index contributed by atoms with van der Waals surface area (Å²) >= 11 is 0. The lowest BCUT2D eigenvalue weighted by Gasteiger charge is -2.27. The number of aryl methyl sites for hydroxylation is 2. The third-order valence-electron chi connectivity index (χ3n) is 6.75. The van der Waals surface area contributed by atoms with Gasteiger partial charge in [-0.25, -0.2) is 9.78 Å². The van der Waals surface area contributed by atoms with Gasteiger partial charge in [0.25, 0.3) is 0 Å². The number of carbonyl (C=O) groups excluding carboxylic acids is 1. The molecule has 1 amide bonds. The minimum Gasteiger partial charge on any atom is -0.489 e. The molecule has 2 heterocycles. The van der Waals surface area contributed by atoms with Crippen molar-refractivity contribution in [1.29, 1.82) is 0 Å². The Morgan fingerprint density at radius 2 is 2.00 bits per heavy atom. The molecule has 34 heavy (non-hydrogen) atoms. The molecule has 3 rings (SSSR count). The Bertz CT molecular complexity index is 1000. The Morgan fingerprint density at radius 1 is 1.26 bits per heavy atom. The van der Waals surface area contributed by atoms with Crippen LogP contribution >= 0.6 is 0 Å². The van der Waals surface area contributed by atoms with Crippen molar-refractivity contribution in [2.75, 3.05) is 7.05 Å². The van der Waals surface area contributed by atoms with E-state index < -0.39 is 5.97 Å². The van der Waals surface area contributed by atoms with Crippen molar-refractivity contribution in [2.45, 2.75) is 78.0 Å². The maximum Gasteiger partial charge on any atom is 0.410 e. The van der Waals surface area contributed by atoms with Gasteiger partial charge in [0.15, 0.2) is 0 Å². The summed E-state index contributed by atoms with van der Waals surface area (Å²) < 4.78 is 13.4. The third kappa shape index (κ3) is 5.87. The molecular weight excluding hydrogens is 436 g/mol.